The molecular weight excluding hydrogens is 368 g/mol. The van der Waals surface area contributed by atoms with Crippen LogP contribution in [0.25, 0.3) is 0 Å². The van der Waals surface area contributed by atoms with Crippen molar-refractivity contribution < 1.29 is 13.3 Å². The maximum atomic E-state index is 12.5. The summed E-state index contributed by atoms with van der Waals surface area (Å²) in [5.74, 6) is 6.20. The van der Waals surface area contributed by atoms with Gasteiger partial charge in [-0.25, -0.2) is 13.1 Å². The number of nitro benzene ring substituents is 1. The molecule has 136 valence electrons. The van der Waals surface area contributed by atoms with Gasteiger partial charge in [0.05, 0.1) is 14.7 Å². The lowest BCUT2D eigenvalue weighted by Crippen LogP contribution is -2.30. The Kier molecular flexibility index (Phi) is 5.65. The highest BCUT2D eigenvalue weighted by Crippen LogP contribution is 2.35. The van der Waals surface area contributed by atoms with E-state index in [2.05, 4.69) is 10.2 Å². The van der Waals surface area contributed by atoms with Crippen molar-refractivity contribution in [2.24, 2.45) is 0 Å². The fraction of sp³-hybridized carbons (Fsp3) is 0.385. The molecule has 2 N–H and O–H groups in total. The summed E-state index contributed by atoms with van der Waals surface area (Å²) in [6.45, 7) is 5.61. The van der Waals surface area contributed by atoms with Crippen molar-refractivity contribution in [2.75, 3.05) is 18.9 Å². The first kappa shape index (κ1) is 19.1. The summed E-state index contributed by atoms with van der Waals surface area (Å²) < 4.78 is 27.5. The fourth-order valence-corrected chi connectivity index (χ4v) is 4.48. The van der Waals surface area contributed by atoms with Gasteiger partial charge in [0.1, 0.15) is 5.82 Å². The van der Waals surface area contributed by atoms with Crippen molar-refractivity contribution in [3.05, 3.63) is 34.1 Å². The van der Waals surface area contributed by atoms with Crippen LogP contribution in [0.1, 0.15) is 19.7 Å². The summed E-state index contributed by atoms with van der Waals surface area (Å²) in [6.07, 6.45) is 0. The van der Waals surface area contributed by atoms with Gasteiger partial charge in [-0.3, -0.25) is 10.1 Å². The highest BCUT2D eigenvalue weighted by molar-refractivity contribution is 7.99. The molecule has 0 fully saturated rings. The van der Waals surface area contributed by atoms with E-state index >= 15 is 0 Å². The topological polar surface area (TPSA) is 137 Å². The Bertz CT molecular complexity index is 892. The SMILES string of the molecule is CCN(CC)S(=O)(=O)c1ccc(Sc2nnc(C)n2N)c([N+](=O)[O-])c1. The lowest BCUT2D eigenvalue weighted by atomic mass is 10.3. The molecule has 1 heterocycles. The Morgan fingerprint density at radius 1 is 1.32 bits per heavy atom. The summed E-state index contributed by atoms with van der Waals surface area (Å²) in [4.78, 5) is 10.9. The van der Waals surface area contributed by atoms with Crippen molar-refractivity contribution in [1.29, 1.82) is 0 Å². The first-order valence-corrected chi connectivity index (χ1v) is 9.61. The van der Waals surface area contributed by atoms with Crippen LogP contribution >= 0.6 is 11.8 Å². The molecule has 0 saturated carbocycles. The molecule has 10 nitrogen and oxygen atoms in total. The molecule has 2 aromatic rings. The monoisotopic (exact) mass is 386 g/mol. The average molecular weight is 386 g/mol. The molecule has 0 saturated heterocycles. The van der Waals surface area contributed by atoms with Gasteiger partial charge in [0.25, 0.3) is 5.69 Å². The molecule has 0 aliphatic rings. The van der Waals surface area contributed by atoms with E-state index in [0.717, 1.165) is 17.8 Å². The third-order valence-corrected chi connectivity index (χ3v) is 6.58. The van der Waals surface area contributed by atoms with Crippen LogP contribution in [0.4, 0.5) is 5.69 Å². The van der Waals surface area contributed by atoms with E-state index in [9.17, 15) is 18.5 Å². The van der Waals surface area contributed by atoms with E-state index in [4.69, 9.17) is 5.84 Å². The number of nitrogen functional groups attached to an aromatic ring is 1. The largest absolute Gasteiger partial charge is 0.336 e. The van der Waals surface area contributed by atoms with Crippen LogP contribution in [0.15, 0.2) is 33.1 Å². The van der Waals surface area contributed by atoms with Crippen LogP contribution in [0, 0.1) is 17.0 Å². The molecule has 0 aliphatic carbocycles. The molecule has 0 spiro atoms. The summed E-state index contributed by atoms with van der Waals surface area (Å²) in [7, 11) is -3.79. The molecule has 2 rings (SSSR count). The summed E-state index contributed by atoms with van der Waals surface area (Å²) in [5, 5.41) is 19.3. The molecule has 1 aromatic carbocycles. The number of aryl methyl sites for hydroxylation is 1. The van der Waals surface area contributed by atoms with Gasteiger partial charge in [0.2, 0.25) is 15.2 Å². The zero-order chi connectivity index (χ0) is 18.8. The number of rotatable bonds is 7. The van der Waals surface area contributed by atoms with E-state index < -0.39 is 14.9 Å². The number of hydrogen-bond donors (Lipinski definition) is 1. The third-order valence-electron chi connectivity index (χ3n) is 3.51. The van der Waals surface area contributed by atoms with E-state index in [1.807, 2.05) is 0 Å². The van der Waals surface area contributed by atoms with Gasteiger partial charge in [-0.2, -0.15) is 4.31 Å². The Labute approximate surface area is 149 Å². The van der Waals surface area contributed by atoms with Gasteiger partial charge in [0.15, 0.2) is 0 Å². The van der Waals surface area contributed by atoms with Crippen molar-refractivity contribution in [1.82, 2.24) is 19.2 Å². The Morgan fingerprint density at radius 2 is 1.96 bits per heavy atom. The predicted molar refractivity (Wildman–Crippen MR) is 92.2 cm³/mol. The maximum absolute atomic E-state index is 12.5. The lowest BCUT2D eigenvalue weighted by molar-refractivity contribution is -0.388. The summed E-state index contributed by atoms with van der Waals surface area (Å²) in [6, 6.07) is 3.77. The molecule has 12 heteroatoms. The molecule has 25 heavy (non-hydrogen) atoms. The van der Waals surface area contributed by atoms with Gasteiger partial charge in [-0.1, -0.05) is 13.8 Å². The number of sulfonamides is 1. The van der Waals surface area contributed by atoms with Crippen molar-refractivity contribution in [3.8, 4) is 0 Å². The molecule has 0 bridgehead atoms. The van der Waals surface area contributed by atoms with E-state index in [-0.39, 0.29) is 33.7 Å². The van der Waals surface area contributed by atoms with Gasteiger partial charge >= 0.3 is 0 Å². The first-order chi connectivity index (χ1) is 11.7. The van der Waals surface area contributed by atoms with Crippen LogP contribution in [-0.2, 0) is 10.0 Å². The number of nitrogens with zero attached hydrogens (tertiary/aromatic N) is 5. The normalized spacial score (nSPS) is 11.8. The van der Waals surface area contributed by atoms with Crippen molar-refractivity contribution >= 4 is 27.5 Å². The number of benzene rings is 1. The van der Waals surface area contributed by atoms with Crippen molar-refractivity contribution in [2.45, 2.75) is 35.7 Å². The van der Waals surface area contributed by atoms with Crippen LogP contribution < -0.4 is 5.84 Å². The van der Waals surface area contributed by atoms with Crippen molar-refractivity contribution in [3.63, 3.8) is 0 Å². The molecule has 1 aromatic heterocycles. The zero-order valence-electron chi connectivity index (χ0n) is 13.9. The minimum absolute atomic E-state index is 0.127. The van der Waals surface area contributed by atoms with Crippen LogP contribution in [0.5, 0.6) is 0 Å². The Balaban J connectivity index is 2.48. The molecule has 0 amide bonds. The number of aromatic nitrogens is 3. The minimum atomic E-state index is -3.79. The van der Waals surface area contributed by atoms with Crippen LogP contribution in [0.2, 0.25) is 0 Å². The van der Waals surface area contributed by atoms with Gasteiger partial charge < -0.3 is 5.84 Å². The second-order valence-corrected chi connectivity index (χ2v) is 7.92. The fourth-order valence-electron chi connectivity index (χ4n) is 2.12. The molecular formula is C13H18N6O4S2. The number of nitrogens with two attached hydrogens (primary N) is 1. The Morgan fingerprint density at radius 3 is 2.44 bits per heavy atom. The van der Waals surface area contributed by atoms with E-state index in [0.29, 0.717) is 5.82 Å². The Hall–Kier alpha value is -2.18. The molecule has 0 radical (unpaired) electrons. The maximum Gasteiger partial charge on any atom is 0.284 e. The highest BCUT2D eigenvalue weighted by Gasteiger charge is 2.26. The number of nitro groups is 1. The van der Waals surface area contributed by atoms with Gasteiger partial charge in [-0.05, 0) is 30.8 Å². The van der Waals surface area contributed by atoms with E-state index in [1.165, 1.54) is 21.1 Å². The zero-order valence-corrected chi connectivity index (χ0v) is 15.5. The summed E-state index contributed by atoms with van der Waals surface area (Å²) in [5.41, 5.74) is -0.334. The third kappa shape index (κ3) is 3.75. The van der Waals surface area contributed by atoms with E-state index in [1.54, 1.807) is 20.8 Å². The van der Waals surface area contributed by atoms with Crippen LogP contribution in [0.3, 0.4) is 0 Å². The molecule has 0 aliphatic heterocycles. The quantitative estimate of drug-likeness (QED) is 0.428. The lowest BCUT2D eigenvalue weighted by Gasteiger charge is -2.18. The first-order valence-electron chi connectivity index (χ1n) is 7.35. The average Bonchev–Trinajstić information content (AvgIpc) is 2.87. The summed E-state index contributed by atoms with van der Waals surface area (Å²) >= 11 is 0.943. The smallest absolute Gasteiger partial charge is 0.284 e. The predicted octanol–water partition coefficient (Wildman–Crippen LogP) is 1.39. The standard InChI is InChI=1S/C13H18N6O4S2/c1-4-17(5-2)25(22,23)10-6-7-12(11(8-10)19(20)21)24-13-16-15-9(3)18(13)14/h6-8H,4-5,14H2,1-3H3. The van der Waals surface area contributed by atoms with Gasteiger partial charge in [0, 0.05) is 19.2 Å². The molecule has 0 atom stereocenters. The second-order valence-electron chi connectivity index (χ2n) is 4.98. The highest BCUT2D eigenvalue weighted by atomic mass is 32.2. The molecule has 0 unspecified atom stereocenters. The number of hydrogen-bond acceptors (Lipinski definition) is 8. The second kappa shape index (κ2) is 7.37. The van der Waals surface area contributed by atoms with Crippen LogP contribution in [-0.4, -0.2) is 45.6 Å². The van der Waals surface area contributed by atoms with Gasteiger partial charge in [-0.15, -0.1) is 10.2 Å². The minimum Gasteiger partial charge on any atom is -0.336 e.